The number of para-hydroxylation sites is 2. The van der Waals surface area contributed by atoms with Crippen molar-refractivity contribution >= 4 is 9.84 Å². The molecule has 0 spiro atoms. The van der Waals surface area contributed by atoms with Crippen LogP contribution in [0.2, 0.25) is 0 Å². The second kappa shape index (κ2) is 10.6. The number of benzene rings is 3. The van der Waals surface area contributed by atoms with Gasteiger partial charge in [-0.15, -0.1) is 5.10 Å². The zero-order chi connectivity index (χ0) is 25.8. The summed E-state index contributed by atoms with van der Waals surface area (Å²) in [5, 5.41) is 4.61. The topological polar surface area (TPSA) is 83.3 Å². The molecule has 188 valence electrons. The van der Waals surface area contributed by atoms with E-state index in [-0.39, 0.29) is 23.5 Å². The summed E-state index contributed by atoms with van der Waals surface area (Å²) < 4.78 is 38.6. The first kappa shape index (κ1) is 25.6. The van der Waals surface area contributed by atoms with Crippen LogP contribution < -0.4 is 4.74 Å². The molecule has 1 aromatic heterocycles. The summed E-state index contributed by atoms with van der Waals surface area (Å²) >= 11 is 0. The molecule has 3 aromatic carbocycles. The van der Waals surface area contributed by atoms with Crippen LogP contribution in [0.1, 0.15) is 43.5 Å². The third-order valence-corrected chi connectivity index (χ3v) is 6.75. The summed E-state index contributed by atoms with van der Waals surface area (Å²) in [6, 6.07) is 24.5. The summed E-state index contributed by atoms with van der Waals surface area (Å²) in [6.07, 6.45) is 1.18. The molecule has 0 saturated heterocycles. The molecular weight excluding hydrogens is 474 g/mol. The molecule has 0 saturated carbocycles. The number of hydrogen-bond acceptors (Lipinski definition) is 6. The first-order valence-electron chi connectivity index (χ1n) is 11.7. The van der Waals surface area contributed by atoms with Crippen LogP contribution in [0.25, 0.3) is 5.69 Å². The number of nitrogens with zero attached hydrogens (tertiary/aromatic N) is 3. The Labute approximate surface area is 212 Å². The monoisotopic (exact) mass is 505 g/mol. The lowest BCUT2D eigenvalue weighted by Gasteiger charge is -2.22. The van der Waals surface area contributed by atoms with Gasteiger partial charge in [0.05, 0.1) is 17.2 Å². The number of ether oxygens (including phenoxy) is 2. The molecule has 1 heterocycles. The van der Waals surface area contributed by atoms with Crippen LogP contribution in [0.15, 0.2) is 83.8 Å². The van der Waals surface area contributed by atoms with Crippen molar-refractivity contribution in [2.45, 2.75) is 50.9 Å². The van der Waals surface area contributed by atoms with Crippen LogP contribution in [-0.4, -0.2) is 29.4 Å². The highest BCUT2D eigenvalue weighted by Gasteiger charge is 2.22. The maximum Gasteiger partial charge on any atom is 0.177 e. The normalized spacial score (nSPS) is 12.0. The highest BCUT2D eigenvalue weighted by molar-refractivity contribution is 7.90. The van der Waals surface area contributed by atoms with Gasteiger partial charge in [-0.2, -0.15) is 0 Å². The molecule has 0 aliphatic rings. The summed E-state index contributed by atoms with van der Waals surface area (Å²) in [7, 11) is -3.50. The van der Waals surface area contributed by atoms with E-state index in [9.17, 15) is 8.42 Å². The molecule has 0 aliphatic heterocycles. The van der Waals surface area contributed by atoms with Gasteiger partial charge in [-0.3, -0.25) is 0 Å². The molecule has 0 fully saturated rings. The number of hydrogen-bond donors (Lipinski definition) is 0. The van der Waals surface area contributed by atoms with Gasteiger partial charge in [-0.25, -0.2) is 18.1 Å². The maximum atomic E-state index is 12.5. The highest BCUT2D eigenvalue weighted by Crippen LogP contribution is 2.31. The Bertz CT molecular complexity index is 1420. The van der Waals surface area contributed by atoms with Crippen molar-refractivity contribution in [2.24, 2.45) is 0 Å². The van der Waals surface area contributed by atoms with E-state index >= 15 is 0 Å². The Morgan fingerprint density at radius 2 is 1.50 bits per heavy atom. The molecule has 0 amide bonds. The first-order valence-corrected chi connectivity index (χ1v) is 13.6. The molecule has 0 atom stereocenters. The van der Waals surface area contributed by atoms with E-state index in [0.29, 0.717) is 23.9 Å². The third-order valence-electron chi connectivity index (χ3n) is 5.61. The van der Waals surface area contributed by atoms with Gasteiger partial charge in [0.15, 0.2) is 21.5 Å². The molecule has 7 nitrogen and oxygen atoms in total. The van der Waals surface area contributed by atoms with Crippen LogP contribution in [0.4, 0.5) is 0 Å². The van der Waals surface area contributed by atoms with Crippen LogP contribution >= 0.6 is 0 Å². The molecule has 8 heteroatoms. The van der Waals surface area contributed by atoms with Crippen LogP contribution in [0, 0.1) is 0 Å². The molecule has 0 N–H and O–H groups in total. The average Bonchev–Trinajstić information content (AvgIpc) is 3.25. The summed E-state index contributed by atoms with van der Waals surface area (Å²) in [5.41, 5.74) is 2.43. The van der Waals surface area contributed by atoms with Crippen molar-refractivity contribution < 1.29 is 17.9 Å². The molecule has 0 radical (unpaired) electrons. The van der Waals surface area contributed by atoms with Gasteiger partial charge in [0.2, 0.25) is 0 Å². The molecule has 0 aliphatic carbocycles. The van der Waals surface area contributed by atoms with Crippen molar-refractivity contribution in [3.8, 4) is 11.4 Å². The number of aromatic nitrogens is 3. The predicted molar refractivity (Wildman–Crippen MR) is 139 cm³/mol. The number of sulfone groups is 1. The van der Waals surface area contributed by atoms with Crippen LogP contribution in [0.5, 0.6) is 5.75 Å². The summed E-state index contributed by atoms with van der Waals surface area (Å²) in [6.45, 7) is 7.08. The van der Waals surface area contributed by atoms with Gasteiger partial charge in [-0.05, 0) is 34.7 Å². The minimum atomic E-state index is -3.50. The zero-order valence-corrected chi connectivity index (χ0v) is 21.8. The second-order valence-electron chi connectivity index (χ2n) is 9.61. The summed E-state index contributed by atoms with van der Waals surface area (Å²) in [5.74, 6) is 1.67. The third kappa shape index (κ3) is 6.19. The minimum Gasteiger partial charge on any atom is -0.485 e. The van der Waals surface area contributed by atoms with E-state index in [0.717, 1.165) is 16.9 Å². The average molecular weight is 506 g/mol. The van der Waals surface area contributed by atoms with Crippen molar-refractivity contribution in [1.82, 2.24) is 14.8 Å². The first-order chi connectivity index (χ1) is 17.1. The standard InChI is InChI=1S/C28H31N3O4S/c1-28(2,3)22-14-8-10-16-24(22)35-20-27-29-26(19-34-18-21-12-6-5-7-13-21)30-31(27)23-15-9-11-17-25(23)36(4,32)33/h5-17H,18-20H2,1-4H3. The van der Waals surface area contributed by atoms with E-state index in [1.165, 1.54) is 10.9 Å². The second-order valence-corrected chi connectivity index (χ2v) is 11.6. The fourth-order valence-electron chi connectivity index (χ4n) is 3.87. The van der Waals surface area contributed by atoms with Crippen molar-refractivity contribution in [3.05, 3.63) is 102 Å². The van der Waals surface area contributed by atoms with E-state index in [1.54, 1.807) is 24.3 Å². The number of rotatable bonds is 9. The molecule has 0 unspecified atom stereocenters. The predicted octanol–water partition coefficient (Wildman–Crippen LogP) is 5.26. The fraction of sp³-hybridized carbons (Fsp3) is 0.286. The fourth-order valence-corrected chi connectivity index (χ4v) is 4.73. The SMILES string of the molecule is CC(C)(C)c1ccccc1OCc1nc(COCc2ccccc2)nn1-c1ccccc1S(C)(=O)=O. The smallest absolute Gasteiger partial charge is 0.177 e. The Hall–Kier alpha value is -3.49. The van der Waals surface area contributed by atoms with E-state index in [4.69, 9.17) is 9.47 Å². The van der Waals surface area contributed by atoms with Crippen LogP contribution in [0.3, 0.4) is 0 Å². The molecule has 0 bridgehead atoms. The molecule has 4 rings (SSSR count). The van der Waals surface area contributed by atoms with Gasteiger partial charge >= 0.3 is 0 Å². The summed E-state index contributed by atoms with van der Waals surface area (Å²) in [4.78, 5) is 4.82. The van der Waals surface area contributed by atoms with Gasteiger partial charge in [-0.1, -0.05) is 81.4 Å². The Kier molecular flexibility index (Phi) is 7.56. The highest BCUT2D eigenvalue weighted by atomic mass is 32.2. The van der Waals surface area contributed by atoms with Crippen molar-refractivity contribution in [1.29, 1.82) is 0 Å². The largest absolute Gasteiger partial charge is 0.485 e. The Morgan fingerprint density at radius 3 is 2.22 bits per heavy atom. The van der Waals surface area contributed by atoms with Crippen LogP contribution in [-0.2, 0) is 39.8 Å². The van der Waals surface area contributed by atoms with Gasteiger partial charge in [0.25, 0.3) is 0 Å². The molecular formula is C28H31N3O4S. The van der Waals surface area contributed by atoms with Crippen molar-refractivity contribution in [3.63, 3.8) is 0 Å². The van der Waals surface area contributed by atoms with Gasteiger partial charge in [0, 0.05) is 6.26 Å². The van der Waals surface area contributed by atoms with E-state index < -0.39 is 9.84 Å². The molecule has 4 aromatic rings. The maximum absolute atomic E-state index is 12.5. The molecule has 36 heavy (non-hydrogen) atoms. The Morgan fingerprint density at radius 1 is 0.833 bits per heavy atom. The van der Waals surface area contributed by atoms with E-state index in [2.05, 4.69) is 30.9 Å². The van der Waals surface area contributed by atoms with E-state index in [1.807, 2.05) is 54.6 Å². The quantitative estimate of drug-likeness (QED) is 0.308. The zero-order valence-electron chi connectivity index (χ0n) is 21.0. The Balaban J connectivity index is 1.65. The lowest BCUT2D eigenvalue weighted by Crippen LogP contribution is -2.15. The lowest BCUT2D eigenvalue weighted by molar-refractivity contribution is 0.102. The lowest BCUT2D eigenvalue weighted by atomic mass is 9.86. The minimum absolute atomic E-state index is 0.108. The van der Waals surface area contributed by atoms with Gasteiger partial charge < -0.3 is 9.47 Å². The van der Waals surface area contributed by atoms with Gasteiger partial charge in [0.1, 0.15) is 19.0 Å². The van der Waals surface area contributed by atoms with Crippen molar-refractivity contribution in [2.75, 3.05) is 6.26 Å².